The number of urea groups is 1. The number of fused-ring (bicyclic) bond motifs is 1. The van der Waals surface area contributed by atoms with Crippen molar-refractivity contribution in [3.8, 4) is 0 Å². The van der Waals surface area contributed by atoms with Gasteiger partial charge >= 0.3 is 12.0 Å². The Morgan fingerprint density at radius 3 is 2.52 bits per heavy atom. The molecule has 0 aliphatic carbocycles. The van der Waals surface area contributed by atoms with E-state index >= 15 is 0 Å². The van der Waals surface area contributed by atoms with Crippen LogP contribution in [0.25, 0.3) is 10.8 Å². The van der Waals surface area contributed by atoms with Crippen molar-refractivity contribution < 1.29 is 14.7 Å². The second-order valence-corrected chi connectivity index (χ2v) is 5.46. The third-order valence-corrected chi connectivity index (χ3v) is 3.54. The summed E-state index contributed by atoms with van der Waals surface area (Å²) in [7, 11) is 0. The van der Waals surface area contributed by atoms with Crippen molar-refractivity contribution in [3.63, 3.8) is 0 Å². The van der Waals surface area contributed by atoms with Crippen LogP contribution < -0.4 is 5.32 Å². The first-order valence-corrected chi connectivity index (χ1v) is 7.26. The summed E-state index contributed by atoms with van der Waals surface area (Å²) in [6.45, 7) is 1.75. The van der Waals surface area contributed by atoms with Crippen LogP contribution in [0.4, 0.5) is 10.5 Å². The molecule has 110 valence electrons. The molecular weight excluding hydrogens is 336 g/mol. The molecule has 0 heterocycles. The normalized spacial score (nSPS) is 10.4. The van der Waals surface area contributed by atoms with Gasteiger partial charge in [0, 0.05) is 16.7 Å². The van der Waals surface area contributed by atoms with Crippen LogP contribution in [-0.2, 0) is 4.79 Å². The molecule has 21 heavy (non-hydrogen) atoms. The highest BCUT2D eigenvalue weighted by Crippen LogP contribution is 2.23. The number of hydrogen-bond acceptors (Lipinski definition) is 2. The van der Waals surface area contributed by atoms with Gasteiger partial charge in [-0.1, -0.05) is 28.1 Å². The fraction of sp³-hybridized carbons (Fsp3) is 0.200. The van der Waals surface area contributed by atoms with E-state index in [4.69, 9.17) is 5.11 Å². The van der Waals surface area contributed by atoms with E-state index in [1.54, 1.807) is 13.0 Å². The van der Waals surface area contributed by atoms with Crippen LogP contribution in [0.5, 0.6) is 0 Å². The van der Waals surface area contributed by atoms with Crippen molar-refractivity contribution in [1.29, 1.82) is 0 Å². The standard InChI is InChI=1S/C15H15BrN2O3/c1-2-18(9-14(19)20)15(21)17-13-6-4-10-7-12(16)5-3-11(10)8-13/h3-8H,2,9H2,1H3,(H,17,21)(H,19,20). The van der Waals surface area contributed by atoms with Gasteiger partial charge in [-0.2, -0.15) is 0 Å². The molecule has 6 heteroatoms. The number of nitrogens with zero attached hydrogens (tertiary/aromatic N) is 1. The van der Waals surface area contributed by atoms with Gasteiger partial charge in [0.05, 0.1) is 0 Å². The minimum Gasteiger partial charge on any atom is -0.480 e. The van der Waals surface area contributed by atoms with Crippen LogP contribution >= 0.6 is 15.9 Å². The van der Waals surface area contributed by atoms with Gasteiger partial charge < -0.3 is 15.3 Å². The lowest BCUT2D eigenvalue weighted by molar-refractivity contribution is -0.137. The van der Waals surface area contributed by atoms with E-state index in [9.17, 15) is 9.59 Å². The molecule has 2 N–H and O–H groups in total. The molecule has 2 aromatic rings. The van der Waals surface area contributed by atoms with Crippen molar-refractivity contribution in [3.05, 3.63) is 40.9 Å². The van der Waals surface area contributed by atoms with Gasteiger partial charge in [-0.15, -0.1) is 0 Å². The molecule has 2 rings (SSSR count). The number of nitrogens with one attached hydrogen (secondary N) is 1. The average Bonchev–Trinajstić information content (AvgIpc) is 2.44. The Morgan fingerprint density at radius 2 is 1.86 bits per heavy atom. The first-order chi connectivity index (χ1) is 9.99. The Bertz CT molecular complexity index is 688. The summed E-state index contributed by atoms with van der Waals surface area (Å²) in [5.74, 6) is -1.03. The van der Waals surface area contributed by atoms with Crippen molar-refractivity contribution in [2.75, 3.05) is 18.4 Å². The molecule has 0 bridgehead atoms. The number of halogens is 1. The largest absolute Gasteiger partial charge is 0.480 e. The predicted molar refractivity (Wildman–Crippen MR) is 85.5 cm³/mol. The van der Waals surface area contributed by atoms with E-state index in [1.807, 2.05) is 30.3 Å². The quantitative estimate of drug-likeness (QED) is 0.885. The maximum absolute atomic E-state index is 12.0. The van der Waals surface area contributed by atoms with E-state index in [1.165, 1.54) is 4.90 Å². The Kier molecular flexibility index (Phi) is 4.80. The second kappa shape index (κ2) is 6.58. The zero-order chi connectivity index (χ0) is 15.4. The third kappa shape index (κ3) is 3.95. The van der Waals surface area contributed by atoms with Gasteiger partial charge in [0.2, 0.25) is 0 Å². The fourth-order valence-electron chi connectivity index (χ4n) is 1.99. The maximum Gasteiger partial charge on any atom is 0.323 e. The number of carboxylic acids is 1. The van der Waals surface area contributed by atoms with Gasteiger partial charge in [-0.3, -0.25) is 4.79 Å². The molecule has 0 saturated heterocycles. The highest BCUT2D eigenvalue weighted by molar-refractivity contribution is 9.10. The summed E-state index contributed by atoms with van der Waals surface area (Å²) in [5.41, 5.74) is 0.638. The van der Waals surface area contributed by atoms with Gasteiger partial charge in [-0.05, 0) is 42.0 Å². The molecule has 0 aliphatic heterocycles. The van der Waals surface area contributed by atoms with Crippen LogP contribution in [0.2, 0.25) is 0 Å². The van der Waals surface area contributed by atoms with E-state index in [2.05, 4.69) is 21.2 Å². The molecule has 0 unspecified atom stereocenters. The molecule has 2 aromatic carbocycles. The van der Waals surface area contributed by atoms with Crippen LogP contribution in [-0.4, -0.2) is 35.1 Å². The minimum absolute atomic E-state index is 0.317. The SMILES string of the molecule is CCN(CC(=O)O)C(=O)Nc1ccc2cc(Br)ccc2c1. The molecular formula is C15H15BrN2O3. The molecule has 0 aromatic heterocycles. The lowest BCUT2D eigenvalue weighted by Gasteiger charge is -2.19. The molecule has 0 radical (unpaired) electrons. The Balaban J connectivity index is 2.17. The zero-order valence-electron chi connectivity index (χ0n) is 11.5. The summed E-state index contributed by atoms with van der Waals surface area (Å²) < 4.78 is 0.991. The van der Waals surface area contributed by atoms with E-state index in [0.717, 1.165) is 15.2 Å². The number of hydrogen-bond donors (Lipinski definition) is 2. The first-order valence-electron chi connectivity index (χ1n) is 6.46. The number of carboxylic acid groups (broad SMARTS) is 1. The number of benzene rings is 2. The third-order valence-electron chi connectivity index (χ3n) is 3.05. The highest BCUT2D eigenvalue weighted by atomic mass is 79.9. The average molecular weight is 351 g/mol. The van der Waals surface area contributed by atoms with Crippen LogP contribution in [0.3, 0.4) is 0 Å². The first kappa shape index (κ1) is 15.3. The molecule has 0 fully saturated rings. The molecule has 0 atom stereocenters. The van der Waals surface area contributed by atoms with Crippen LogP contribution in [0, 0.1) is 0 Å². The number of amides is 2. The number of rotatable bonds is 4. The predicted octanol–water partition coefficient (Wildman–Crippen LogP) is 3.54. The molecule has 5 nitrogen and oxygen atoms in total. The number of carbonyl (C=O) groups is 2. The molecule has 0 aliphatic rings. The minimum atomic E-state index is -1.03. The van der Waals surface area contributed by atoms with E-state index < -0.39 is 12.0 Å². The van der Waals surface area contributed by atoms with Crippen LogP contribution in [0.15, 0.2) is 40.9 Å². The second-order valence-electron chi connectivity index (χ2n) is 4.54. The number of carbonyl (C=O) groups excluding carboxylic acids is 1. The molecule has 2 amide bonds. The van der Waals surface area contributed by atoms with Gasteiger partial charge in [0.15, 0.2) is 0 Å². The molecule has 0 saturated carbocycles. The number of anilines is 1. The molecule has 0 spiro atoms. The van der Waals surface area contributed by atoms with Crippen molar-refractivity contribution in [1.82, 2.24) is 4.90 Å². The van der Waals surface area contributed by atoms with Crippen molar-refractivity contribution in [2.24, 2.45) is 0 Å². The Morgan fingerprint density at radius 1 is 1.19 bits per heavy atom. The maximum atomic E-state index is 12.0. The fourth-order valence-corrected chi connectivity index (χ4v) is 2.37. The smallest absolute Gasteiger partial charge is 0.323 e. The summed E-state index contributed by atoms with van der Waals surface area (Å²) in [5, 5.41) is 13.5. The summed E-state index contributed by atoms with van der Waals surface area (Å²) in [6.07, 6.45) is 0. The highest BCUT2D eigenvalue weighted by Gasteiger charge is 2.14. The number of aliphatic carboxylic acids is 1. The topological polar surface area (TPSA) is 69.6 Å². The summed E-state index contributed by atoms with van der Waals surface area (Å²) in [6, 6.07) is 11.0. The van der Waals surface area contributed by atoms with Gasteiger partial charge in [-0.25, -0.2) is 4.79 Å². The summed E-state index contributed by atoms with van der Waals surface area (Å²) >= 11 is 3.41. The summed E-state index contributed by atoms with van der Waals surface area (Å²) in [4.78, 5) is 23.9. The van der Waals surface area contributed by atoms with E-state index in [-0.39, 0.29) is 6.54 Å². The zero-order valence-corrected chi connectivity index (χ0v) is 13.1. The number of likely N-dealkylation sites (N-methyl/N-ethyl adjacent to an activating group) is 1. The Labute approximate surface area is 130 Å². The van der Waals surface area contributed by atoms with E-state index in [0.29, 0.717) is 12.2 Å². The van der Waals surface area contributed by atoms with Gasteiger partial charge in [0.25, 0.3) is 0 Å². The van der Waals surface area contributed by atoms with Crippen molar-refractivity contribution in [2.45, 2.75) is 6.92 Å². The Hall–Kier alpha value is -2.08. The lowest BCUT2D eigenvalue weighted by atomic mass is 10.1. The van der Waals surface area contributed by atoms with Crippen molar-refractivity contribution >= 4 is 44.4 Å². The van der Waals surface area contributed by atoms with Gasteiger partial charge in [0.1, 0.15) is 6.54 Å². The monoisotopic (exact) mass is 350 g/mol. The van der Waals surface area contributed by atoms with Crippen LogP contribution in [0.1, 0.15) is 6.92 Å². The lowest BCUT2D eigenvalue weighted by Crippen LogP contribution is -2.38.